The highest BCUT2D eigenvalue weighted by Crippen LogP contribution is 2.27. The number of carbonyl (C=O) groups excluding carboxylic acids is 1. The zero-order valence-electron chi connectivity index (χ0n) is 10.2. The van der Waals surface area contributed by atoms with Gasteiger partial charge in [-0.15, -0.1) is 0 Å². The first kappa shape index (κ1) is 13.1. The number of rotatable bonds is 4. The van der Waals surface area contributed by atoms with Gasteiger partial charge < -0.3 is 21.5 Å². The smallest absolute Gasteiger partial charge is 0.322 e. The van der Waals surface area contributed by atoms with Gasteiger partial charge in [-0.05, 0) is 11.1 Å². The van der Waals surface area contributed by atoms with Crippen LogP contribution in [0, 0.1) is 0 Å². The molecule has 19 heavy (non-hydrogen) atoms. The van der Waals surface area contributed by atoms with Crippen molar-refractivity contribution in [3.63, 3.8) is 0 Å². The lowest BCUT2D eigenvalue weighted by molar-refractivity contribution is -0.138. The number of carbonyl (C=O) groups is 2. The van der Waals surface area contributed by atoms with Crippen LogP contribution in [0.2, 0.25) is 0 Å². The van der Waals surface area contributed by atoms with Gasteiger partial charge >= 0.3 is 12.0 Å². The van der Waals surface area contributed by atoms with Gasteiger partial charge in [0, 0.05) is 6.54 Å². The predicted molar refractivity (Wildman–Crippen MR) is 70.4 cm³/mol. The molecule has 5 N–H and O–H groups in total. The number of urea groups is 1. The lowest BCUT2D eigenvalue weighted by Crippen LogP contribution is -2.46. The summed E-state index contributed by atoms with van der Waals surface area (Å²) in [6, 6.07) is 5.99. The van der Waals surface area contributed by atoms with Crippen LogP contribution >= 0.6 is 0 Å². The predicted octanol–water partition coefficient (Wildman–Crippen LogP) is 0.466. The SMILES string of the molecule is N[C@@H](CNC(=O)N[C@@H]1C=Cc2ccccc21)C(=O)O. The molecule has 100 valence electrons. The Bertz CT molecular complexity index is 528. The van der Waals surface area contributed by atoms with E-state index in [4.69, 9.17) is 10.8 Å². The van der Waals surface area contributed by atoms with E-state index in [0.29, 0.717) is 0 Å². The summed E-state index contributed by atoms with van der Waals surface area (Å²) in [4.78, 5) is 22.1. The molecule has 0 aromatic heterocycles. The van der Waals surface area contributed by atoms with E-state index >= 15 is 0 Å². The van der Waals surface area contributed by atoms with Gasteiger partial charge in [0.1, 0.15) is 6.04 Å². The van der Waals surface area contributed by atoms with Crippen LogP contribution in [-0.4, -0.2) is 29.7 Å². The highest BCUT2D eigenvalue weighted by Gasteiger charge is 2.19. The minimum absolute atomic E-state index is 0.112. The van der Waals surface area contributed by atoms with E-state index in [2.05, 4.69) is 10.6 Å². The molecule has 6 heteroatoms. The lowest BCUT2D eigenvalue weighted by Gasteiger charge is -2.15. The molecule has 0 fully saturated rings. The van der Waals surface area contributed by atoms with Crippen LogP contribution in [0.5, 0.6) is 0 Å². The molecule has 0 saturated carbocycles. The Kier molecular flexibility index (Phi) is 3.82. The number of carboxylic acid groups (broad SMARTS) is 1. The number of carboxylic acids is 1. The fourth-order valence-corrected chi connectivity index (χ4v) is 1.86. The van der Waals surface area contributed by atoms with Gasteiger partial charge in [0.25, 0.3) is 0 Å². The largest absolute Gasteiger partial charge is 0.480 e. The maximum atomic E-state index is 11.6. The number of nitrogens with two attached hydrogens (primary N) is 1. The van der Waals surface area contributed by atoms with Crippen molar-refractivity contribution < 1.29 is 14.7 Å². The van der Waals surface area contributed by atoms with Crippen molar-refractivity contribution >= 4 is 18.1 Å². The number of amides is 2. The zero-order chi connectivity index (χ0) is 13.8. The second-order valence-corrected chi connectivity index (χ2v) is 4.26. The number of hydrogen-bond donors (Lipinski definition) is 4. The van der Waals surface area contributed by atoms with E-state index in [1.54, 1.807) is 0 Å². The van der Waals surface area contributed by atoms with Crippen molar-refractivity contribution in [3.8, 4) is 0 Å². The summed E-state index contributed by atoms with van der Waals surface area (Å²) in [5.41, 5.74) is 7.37. The molecule has 6 nitrogen and oxygen atoms in total. The van der Waals surface area contributed by atoms with Crippen molar-refractivity contribution in [1.29, 1.82) is 0 Å². The molecule has 0 saturated heterocycles. The standard InChI is InChI=1S/C13H15N3O3/c14-10(12(17)18)7-15-13(19)16-11-6-5-8-3-1-2-4-9(8)11/h1-6,10-11H,7,14H2,(H,17,18)(H2,15,16,19)/t10-,11+/m0/s1. The van der Waals surface area contributed by atoms with Gasteiger partial charge in [0.2, 0.25) is 0 Å². The minimum atomic E-state index is -1.15. The number of aliphatic carboxylic acids is 1. The summed E-state index contributed by atoms with van der Waals surface area (Å²) in [7, 11) is 0. The van der Waals surface area contributed by atoms with Gasteiger partial charge in [-0.25, -0.2) is 4.79 Å². The Morgan fingerprint density at radius 2 is 2.11 bits per heavy atom. The number of benzene rings is 1. The molecule has 0 spiro atoms. The van der Waals surface area contributed by atoms with Gasteiger partial charge in [0.15, 0.2) is 0 Å². The number of hydrogen-bond acceptors (Lipinski definition) is 3. The quantitative estimate of drug-likeness (QED) is 0.632. The van der Waals surface area contributed by atoms with E-state index in [1.165, 1.54) is 0 Å². The first-order valence-corrected chi connectivity index (χ1v) is 5.88. The second-order valence-electron chi connectivity index (χ2n) is 4.26. The zero-order valence-corrected chi connectivity index (χ0v) is 10.2. The van der Waals surface area contributed by atoms with Gasteiger partial charge in [0.05, 0.1) is 6.04 Å². The maximum Gasteiger partial charge on any atom is 0.322 e. The fraction of sp³-hybridized carbons (Fsp3) is 0.231. The second kappa shape index (κ2) is 5.53. The average molecular weight is 261 g/mol. The summed E-state index contributed by atoms with van der Waals surface area (Å²) >= 11 is 0. The van der Waals surface area contributed by atoms with Crippen LogP contribution in [0.3, 0.4) is 0 Å². The first-order valence-electron chi connectivity index (χ1n) is 5.88. The van der Waals surface area contributed by atoms with Crippen LogP contribution < -0.4 is 16.4 Å². The Hall–Kier alpha value is -2.34. The molecule has 1 aliphatic rings. The Morgan fingerprint density at radius 3 is 2.84 bits per heavy atom. The maximum absolute atomic E-state index is 11.6. The molecule has 0 heterocycles. The summed E-state index contributed by atoms with van der Waals surface area (Å²) in [5.74, 6) is -1.15. The number of nitrogens with one attached hydrogen (secondary N) is 2. The molecule has 0 aliphatic heterocycles. The molecule has 1 aromatic rings. The Labute approximate surface area is 110 Å². The van der Waals surface area contributed by atoms with Crippen molar-refractivity contribution in [1.82, 2.24) is 10.6 Å². The molecule has 0 unspecified atom stereocenters. The van der Waals surface area contributed by atoms with Crippen LogP contribution in [0.1, 0.15) is 17.2 Å². The summed E-state index contributed by atoms with van der Waals surface area (Å²) in [5, 5.41) is 13.8. The van der Waals surface area contributed by atoms with E-state index in [9.17, 15) is 9.59 Å². The van der Waals surface area contributed by atoms with Crippen molar-refractivity contribution in [3.05, 3.63) is 41.5 Å². The van der Waals surface area contributed by atoms with Crippen LogP contribution in [0.25, 0.3) is 6.08 Å². The monoisotopic (exact) mass is 261 g/mol. The van der Waals surface area contributed by atoms with E-state index in [0.717, 1.165) is 11.1 Å². The molecule has 1 aromatic carbocycles. The van der Waals surface area contributed by atoms with Crippen molar-refractivity contribution in [2.45, 2.75) is 12.1 Å². The highest BCUT2D eigenvalue weighted by atomic mass is 16.4. The van der Waals surface area contributed by atoms with Crippen LogP contribution in [0.15, 0.2) is 30.3 Å². The molecule has 1 aliphatic carbocycles. The van der Waals surface area contributed by atoms with Crippen LogP contribution in [-0.2, 0) is 4.79 Å². The van der Waals surface area contributed by atoms with E-state index in [1.807, 2.05) is 36.4 Å². The van der Waals surface area contributed by atoms with Crippen molar-refractivity contribution in [2.75, 3.05) is 6.54 Å². The van der Waals surface area contributed by atoms with Gasteiger partial charge in [-0.3, -0.25) is 4.79 Å². The lowest BCUT2D eigenvalue weighted by atomic mass is 10.1. The summed E-state index contributed by atoms with van der Waals surface area (Å²) in [6.07, 6.45) is 3.81. The third-order valence-corrected chi connectivity index (χ3v) is 2.89. The average Bonchev–Trinajstić information content (AvgIpc) is 2.79. The molecule has 2 rings (SSSR count). The minimum Gasteiger partial charge on any atom is -0.480 e. The van der Waals surface area contributed by atoms with Gasteiger partial charge in [-0.1, -0.05) is 36.4 Å². The fourth-order valence-electron chi connectivity index (χ4n) is 1.86. The van der Waals surface area contributed by atoms with E-state index in [-0.39, 0.29) is 12.6 Å². The third kappa shape index (κ3) is 3.11. The Morgan fingerprint density at radius 1 is 1.37 bits per heavy atom. The van der Waals surface area contributed by atoms with E-state index < -0.39 is 18.0 Å². The summed E-state index contributed by atoms with van der Waals surface area (Å²) in [6.45, 7) is -0.112. The van der Waals surface area contributed by atoms with Crippen molar-refractivity contribution in [2.24, 2.45) is 5.73 Å². The van der Waals surface area contributed by atoms with Crippen LogP contribution in [0.4, 0.5) is 4.79 Å². The molecular weight excluding hydrogens is 246 g/mol. The molecule has 0 radical (unpaired) electrons. The topological polar surface area (TPSA) is 104 Å². The Balaban J connectivity index is 1.88. The number of fused-ring (bicyclic) bond motifs is 1. The molecule has 2 atom stereocenters. The highest BCUT2D eigenvalue weighted by molar-refractivity contribution is 5.78. The summed E-state index contributed by atoms with van der Waals surface area (Å²) < 4.78 is 0. The first-order chi connectivity index (χ1) is 9.08. The third-order valence-electron chi connectivity index (χ3n) is 2.89. The molecular formula is C13H15N3O3. The molecule has 0 bridgehead atoms. The normalized spacial score (nSPS) is 17.6. The van der Waals surface area contributed by atoms with Gasteiger partial charge in [-0.2, -0.15) is 0 Å². The molecule has 2 amide bonds.